The van der Waals surface area contributed by atoms with Crippen molar-refractivity contribution in [1.29, 1.82) is 0 Å². The van der Waals surface area contributed by atoms with Crippen molar-refractivity contribution in [2.45, 2.75) is 20.3 Å². The molecular formula is C22H22IN5O. The number of nitrogens with two attached hydrogens (primary N) is 1. The third-order valence-corrected chi connectivity index (χ3v) is 5.54. The number of nitrogens with one attached hydrogen (secondary N) is 1. The molecule has 1 amide bonds. The van der Waals surface area contributed by atoms with Gasteiger partial charge in [0.25, 0.3) is 5.91 Å². The summed E-state index contributed by atoms with van der Waals surface area (Å²) in [4.78, 5) is 22.6. The van der Waals surface area contributed by atoms with Gasteiger partial charge in [-0.1, -0.05) is 26.0 Å². The van der Waals surface area contributed by atoms with Crippen molar-refractivity contribution >= 4 is 56.5 Å². The summed E-state index contributed by atoms with van der Waals surface area (Å²) in [7, 11) is 0. The van der Waals surface area contributed by atoms with Crippen LogP contribution in [0.15, 0.2) is 48.5 Å². The molecule has 0 bridgehead atoms. The molecule has 6 nitrogen and oxygen atoms in total. The van der Waals surface area contributed by atoms with Gasteiger partial charge in [-0.05, 0) is 71.3 Å². The number of anilines is 1. The minimum Gasteiger partial charge on any atom is -0.384 e. The van der Waals surface area contributed by atoms with E-state index in [0.29, 0.717) is 35.0 Å². The Balaban J connectivity index is 1.92. The standard InChI is InChI=1S/C22H22IN5O/c1-13(2)11-12-25-22(29)18-19-21(27-17-6-4-3-5-16(17)26-19)28(20(18)24)15-9-7-14(23)8-10-15/h3-10,13H,11-12,24H2,1-2H3,(H,25,29). The van der Waals surface area contributed by atoms with E-state index in [-0.39, 0.29) is 5.91 Å². The number of carbonyl (C=O) groups is 1. The van der Waals surface area contributed by atoms with Crippen LogP contribution < -0.4 is 11.1 Å². The van der Waals surface area contributed by atoms with E-state index in [2.05, 4.69) is 41.8 Å². The molecule has 4 rings (SSSR count). The first-order valence-corrected chi connectivity index (χ1v) is 10.6. The Morgan fingerprint density at radius 3 is 2.41 bits per heavy atom. The lowest BCUT2D eigenvalue weighted by Gasteiger charge is -2.09. The Labute approximate surface area is 182 Å². The van der Waals surface area contributed by atoms with E-state index in [1.54, 1.807) is 0 Å². The Morgan fingerprint density at radius 1 is 1.10 bits per heavy atom. The molecule has 0 fully saturated rings. The van der Waals surface area contributed by atoms with E-state index in [1.165, 1.54) is 0 Å². The molecule has 7 heteroatoms. The maximum atomic E-state index is 13.0. The Kier molecular flexibility index (Phi) is 5.40. The number of halogens is 1. The van der Waals surface area contributed by atoms with E-state index in [0.717, 1.165) is 26.7 Å². The quantitative estimate of drug-likeness (QED) is 0.395. The summed E-state index contributed by atoms with van der Waals surface area (Å²) in [6.07, 6.45) is 0.899. The first-order chi connectivity index (χ1) is 14.0. The van der Waals surface area contributed by atoms with Crippen LogP contribution in [-0.4, -0.2) is 27.0 Å². The Bertz CT molecular complexity index is 1200. The first-order valence-electron chi connectivity index (χ1n) is 9.56. The van der Waals surface area contributed by atoms with Gasteiger partial charge in [0.1, 0.15) is 16.9 Å². The van der Waals surface area contributed by atoms with Crippen LogP contribution in [0.3, 0.4) is 0 Å². The lowest BCUT2D eigenvalue weighted by atomic mass is 10.1. The summed E-state index contributed by atoms with van der Waals surface area (Å²) in [5, 5.41) is 2.98. The number of hydrogen-bond acceptors (Lipinski definition) is 4. The normalized spacial score (nSPS) is 11.4. The van der Waals surface area contributed by atoms with E-state index in [9.17, 15) is 4.79 Å². The van der Waals surface area contributed by atoms with Gasteiger partial charge in [-0.3, -0.25) is 9.36 Å². The molecule has 0 atom stereocenters. The molecule has 0 saturated heterocycles. The number of fused-ring (bicyclic) bond motifs is 2. The molecule has 0 saturated carbocycles. The highest BCUT2D eigenvalue weighted by Gasteiger charge is 2.24. The second kappa shape index (κ2) is 7.98. The monoisotopic (exact) mass is 499 g/mol. The number of rotatable bonds is 5. The summed E-state index contributed by atoms with van der Waals surface area (Å²) < 4.78 is 2.92. The molecule has 2 heterocycles. The molecule has 0 spiro atoms. The summed E-state index contributed by atoms with van der Waals surface area (Å²) in [6.45, 7) is 4.84. The van der Waals surface area contributed by atoms with Gasteiger partial charge >= 0.3 is 0 Å². The van der Waals surface area contributed by atoms with Crippen LogP contribution >= 0.6 is 22.6 Å². The molecule has 0 aliphatic heterocycles. The number of nitrogens with zero attached hydrogens (tertiary/aromatic N) is 3. The largest absolute Gasteiger partial charge is 0.384 e. The molecule has 2 aromatic carbocycles. The van der Waals surface area contributed by atoms with Crippen molar-refractivity contribution in [3.63, 3.8) is 0 Å². The van der Waals surface area contributed by atoms with Gasteiger partial charge in [-0.2, -0.15) is 0 Å². The highest BCUT2D eigenvalue weighted by molar-refractivity contribution is 14.1. The minimum absolute atomic E-state index is 0.220. The molecule has 3 N–H and O–H groups in total. The molecule has 0 aliphatic carbocycles. The van der Waals surface area contributed by atoms with Gasteiger partial charge < -0.3 is 11.1 Å². The van der Waals surface area contributed by atoms with Crippen LogP contribution in [0.1, 0.15) is 30.6 Å². The van der Waals surface area contributed by atoms with Crippen molar-refractivity contribution in [2.75, 3.05) is 12.3 Å². The van der Waals surface area contributed by atoms with Gasteiger partial charge in [0.05, 0.1) is 11.0 Å². The van der Waals surface area contributed by atoms with Gasteiger partial charge in [0.2, 0.25) is 0 Å². The number of amides is 1. The lowest BCUT2D eigenvalue weighted by Crippen LogP contribution is -2.26. The fourth-order valence-electron chi connectivity index (χ4n) is 3.30. The average molecular weight is 499 g/mol. The Hall–Kier alpha value is -2.68. The predicted octanol–water partition coefficient (Wildman–Crippen LogP) is 4.54. The summed E-state index contributed by atoms with van der Waals surface area (Å²) >= 11 is 2.26. The maximum Gasteiger partial charge on any atom is 0.257 e. The second-order valence-corrected chi connectivity index (χ2v) is 8.64. The van der Waals surface area contributed by atoms with Crippen LogP contribution in [0, 0.1) is 9.49 Å². The number of para-hydroxylation sites is 2. The van der Waals surface area contributed by atoms with E-state index in [1.807, 2.05) is 53.1 Å². The van der Waals surface area contributed by atoms with Crippen LogP contribution in [0.4, 0.5) is 5.82 Å². The molecule has 148 valence electrons. The van der Waals surface area contributed by atoms with Crippen molar-refractivity contribution in [1.82, 2.24) is 19.9 Å². The zero-order valence-electron chi connectivity index (χ0n) is 16.3. The number of carbonyl (C=O) groups excluding carboxylic acids is 1. The fraction of sp³-hybridized carbons (Fsp3) is 0.227. The lowest BCUT2D eigenvalue weighted by molar-refractivity contribution is 0.0954. The number of benzene rings is 2. The highest BCUT2D eigenvalue weighted by Crippen LogP contribution is 2.31. The van der Waals surface area contributed by atoms with Gasteiger partial charge in [0, 0.05) is 15.8 Å². The highest BCUT2D eigenvalue weighted by atomic mass is 127. The topological polar surface area (TPSA) is 85.8 Å². The smallest absolute Gasteiger partial charge is 0.257 e. The third kappa shape index (κ3) is 3.78. The molecule has 0 aliphatic rings. The predicted molar refractivity (Wildman–Crippen MR) is 125 cm³/mol. The third-order valence-electron chi connectivity index (χ3n) is 4.82. The van der Waals surface area contributed by atoms with E-state index >= 15 is 0 Å². The number of aromatic nitrogens is 3. The molecule has 0 radical (unpaired) electrons. The van der Waals surface area contributed by atoms with E-state index in [4.69, 9.17) is 15.7 Å². The van der Waals surface area contributed by atoms with Crippen LogP contribution in [0.25, 0.3) is 27.9 Å². The maximum absolute atomic E-state index is 13.0. The summed E-state index contributed by atoms with van der Waals surface area (Å²) in [6, 6.07) is 15.6. The zero-order chi connectivity index (χ0) is 20.5. The van der Waals surface area contributed by atoms with Crippen molar-refractivity contribution in [2.24, 2.45) is 5.92 Å². The zero-order valence-corrected chi connectivity index (χ0v) is 18.5. The molecule has 0 unspecified atom stereocenters. The van der Waals surface area contributed by atoms with Gasteiger partial charge in [-0.25, -0.2) is 9.97 Å². The minimum atomic E-state index is -0.220. The van der Waals surface area contributed by atoms with Crippen molar-refractivity contribution < 1.29 is 4.79 Å². The van der Waals surface area contributed by atoms with Crippen molar-refractivity contribution in [3.05, 3.63) is 57.7 Å². The molecule has 4 aromatic rings. The van der Waals surface area contributed by atoms with E-state index < -0.39 is 0 Å². The molecular weight excluding hydrogens is 477 g/mol. The van der Waals surface area contributed by atoms with Crippen LogP contribution in [0.5, 0.6) is 0 Å². The van der Waals surface area contributed by atoms with Gasteiger partial charge in [0.15, 0.2) is 5.65 Å². The molecule has 2 aromatic heterocycles. The number of nitrogen functional groups attached to an aromatic ring is 1. The fourth-order valence-corrected chi connectivity index (χ4v) is 3.66. The summed E-state index contributed by atoms with van der Waals surface area (Å²) in [5.74, 6) is 0.630. The molecule has 29 heavy (non-hydrogen) atoms. The van der Waals surface area contributed by atoms with Crippen molar-refractivity contribution in [3.8, 4) is 5.69 Å². The Morgan fingerprint density at radius 2 is 1.76 bits per heavy atom. The first kappa shape index (κ1) is 19.6. The number of hydrogen-bond donors (Lipinski definition) is 2. The SMILES string of the molecule is CC(C)CCNC(=O)c1c(N)n(-c2ccc(I)cc2)c2nc3ccccc3nc12. The average Bonchev–Trinajstić information content (AvgIpc) is 2.97. The second-order valence-electron chi connectivity index (χ2n) is 7.40. The van der Waals surface area contributed by atoms with Crippen LogP contribution in [-0.2, 0) is 0 Å². The van der Waals surface area contributed by atoms with Gasteiger partial charge in [-0.15, -0.1) is 0 Å². The summed E-state index contributed by atoms with van der Waals surface area (Å²) in [5.41, 5.74) is 10.3. The van der Waals surface area contributed by atoms with Crippen LogP contribution in [0.2, 0.25) is 0 Å².